The third kappa shape index (κ3) is 6.74. The van der Waals surface area contributed by atoms with Gasteiger partial charge in [-0.05, 0) is 24.6 Å². The van der Waals surface area contributed by atoms with Gasteiger partial charge in [0, 0.05) is 5.56 Å². The summed E-state index contributed by atoms with van der Waals surface area (Å²) in [4.78, 5) is 46.8. The van der Waals surface area contributed by atoms with Crippen LogP contribution >= 0.6 is 0 Å². The third-order valence-electron chi connectivity index (χ3n) is 3.58. The van der Waals surface area contributed by atoms with E-state index in [2.05, 4.69) is 10.6 Å². The zero-order chi connectivity index (χ0) is 19.6. The number of carbonyl (C=O) groups is 4. The number of hydrogen-bond donors (Lipinski definition) is 2. The van der Waals surface area contributed by atoms with Crippen LogP contribution in [0.2, 0.25) is 0 Å². The summed E-state index contributed by atoms with van der Waals surface area (Å²) in [7, 11) is 0. The van der Waals surface area contributed by atoms with E-state index in [-0.39, 0.29) is 24.7 Å². The highest BCUT2D eigenvalue weighted by Gasteiger charge is 2.12. The second-order valence-corrected chi connectivity index (χ2v) is 5.75. The van der Waals surface area contributed by atoms with Crippen LogP contribution in [-0.2, 0) is 25.5 Å². The Labute approximate surface area is 156 Å². The van der Waals surface area contributed by atoms with Crippen molar-refractivity contribution >= 4 is 29.3 Å². The fourth-order valence-corrected chi connectivity index (χ4v) is 2.30. The maximum absolute atomic E-state index is 11.9. The van der Waals surface area contributed by atoms with Gasteiger partial charge in [-0.25, -0.2) is 0 Å². The Bertz CT molecular complexity index is 833. The van der Waals surface area contributed by atoms with Crippen molar-refractivity contribution in [3.63, 3.8) is 0 Å². The Morgan fingerprint density at radius 1 is 0.889 bits per heavy atom. The average molecular weight is 368 g/mol. The van der Waals surface area contributed by atoms with E-state index in [1.165, 1.54) is 6.92 Å². The first-order valence-electron chi connectivity index (χ1n) is 8.32. The zero-order valence-electron chi connectivity index (χ0n) is 14.9. The number of hydrogen-bond acceptors (Lipinski definition) is 5. The maximum Gasteiger partial charge on any atom is 0.325 e. The van der Waals surface area contributed by atoms with Gasteiger partial charge in [0.25, 0.3) is 5.91 Å². The van der Waals surface area contributed by atoms with Gasteiger partial charge in [0.1, 0.15) is 6.54 Å². The van der Waals surface area contributed by atoms with Crippen LogP contribution in [-0.4, -0.2) is 36.7 Å². The fraction of sp³-hybridized carbons (Fsp3) is 0.200. The lowest BCUT2D eigenvalue weighted by molar-refractivity contribution is -0.147. The molecule has 0 heterocycles. The minimum atomic E-state index is -0.730. The van der Waals surface area contributed by atoms with Crippen molar-refractivity contribution in [1.82, 2.24) is 5.32 Å². The SMILES string of the molecule is CC(=O)c1ccccc1NC(=O)COC(=O)CNC(=O)Cc1ccccc1. The van der Waals surface area contributed by atoms with Crippen molar-refractivity contribution in [3.8, 4) is 0 Å². The van der Waals surface area contributed by atoms with Gasteiger partial charge in [-0.1, -0.05) is 42.5 Å². The summed E-state index contributed by atoms with van der Waals surface area (Å²) in [6.45, 7) is 0.547. The number of anilines is 1. The van der Waals surface area contributed by atoms with Crippen LogP contribution in [0.25, 0.3) is 0 Å². The molecule has 0 saturated carbocycles. The molecule has 7 heteroatoms. The third-order valence-corrected chi connectivity index (χ3v) is 3.58. The predicted molar refractivity (Wildman–Crippen MR) is 99.2 cm³/mol. The van der Waals surface area contributed by atoms with E-state index in [0.29, 0.717) is 11.3 Å². The number of amides is 2. The number of para-hydroxylation sites is 1. The van der Waals surface area contributed by atoms with Gasteiger partial charge in [0.2, 0.25) is 5.91 Å². The molecule has 0 aliphatic heterocycles. The zero-order valence-corrected chi connectivity index (χ0v) is 14.9. The number of ketones is 1. The van der Waals surface area contributed by atoms with Crippen molar-refractivity contribution in [1.29, 1.82) is 0 Å². The summed E-state index contributed by atoms with van der Waals surface area (Å²) < 4.78 is 4.83. The molecule has 2 N–H and O–H groups in total. The lowest BCUT2D eigenvalue weighted by Gasteiger charge is -2.10. The fourth-order valence-electron chi connectivity index (χ4n) is 2.30. The molecule has 0 bridgehead atoms. The van der Waals surface area contributed by atoms with Crippen molar-refractivity contribution < 1.29 is 23.9 Å². The molecule has 0 radical (unpaired) electrons. The lowest BCUT2D eigenvalue weighted by atomic mass is 10.1. The van der Waals surface area contributed by atoms with E-state index in [1.54, 1.807) is 36.4 Å². The number of carbonyl (C=O) groups excluding carboxylic acids is 4. The summed E-state index contributed by atoms with van der Waals surface area (Å²) in [6, 6.07) is 15.6. The van der Waals surface area contributed by atoms with Crippen LogP contribution in [0.15, 0.2) is 54.6 Å². The highest BCUT2D eigenvalue weighted by molar-refractivity contribution is 6.04. The molecule has 27 heavy (non-hydrogen) atoms. The van der Waals surface area contributed by atoms with Crippen LogP contribution in [0.5, 0.6) is 0 Å². The van der Waals surface area contributed by atoms with Crippen molar-refractivity contribution in [2.75, 3.05) is 18.5 Å². The molecule has 2 aromatic rings. The molecule has 2 aromatic carbocycles. The van der Waals surface area contributed by atoms with Crippen LogP contribution in [0.4, 0.5) is 5.69 Å². The van der Waals surface area contributed by atoms with Gasteiger partial charge < -0.3 is 15.4 Å². The normalized spacial score (nSPS) is 9.96. The van der Waals surface area contributed by atoms with E-state index in [9.17, 15) is 19.2 Å². The van der Waals surface area contributed by atoms with E-state index in [1.807, 2.05) is 18.2 Å². The molecule has 0 spiro atoms. The van der Waals surface area contributed by atoms with Crippen LogP contribution in [0.3, 0.4) is 0 Å². The number of ether oxygens (including phenoxy) is 1. The number of esters is 1. The number of Topliss-reactive ketones (excluding diaryl/α,β-unsaturated/α-hetero) is 1. The molecule has 0 aromatic heterocycles. The highest BCUT2D eigenvalue weighted by atomic mass is 16.5. The molecule has 0 fully saturated rings. The van der Waals surface area contributed by atoms with E-state index >= 15 is 0 Å². The first kappa shape index (κ1) is 19.8. The lowest BCUT2D eigenvalue weighted by Crippen LogP contribution is -2.33. The first-order valence-corrected chi connectivity index (χ1v) is 8.32. The van der Waals surface area contributed by atoms with Gasteiger partial charge in [0.05, 0.1) is 12.1 Å². The average Bonchev–Trinajstić information content (AvgIpc) is 2.66. The second-order valence-electron chi connectivity index (χ2n) is 5.75. The Balaban J connectivity index is 1.73. The molecule has 140 valence electrons. The van der Waals surface area contributed by atoms with Gasteiger partial charge in [-0.3, -0.25) is 19.2 Å². The van der Waals surface area contributed by atoms with Crippen molar-refractivity contribution in [2.45, 2.75) is 13.3 Å². The highest BCUT2D eigenvalue weighted by Crippen LogP contribution is 2.15. The molecule has 7 nitrogen and oxygen atoms in total. The topological polar surface area (TPSA) is 102 Å². The van der Waals surface area contributed by atoms with E-state index < -0.39 is 18.5 Å². The quantitative estimate of drug-likeness (QED) is 0.546. The Morgan fingerprint density at radius 3 is 2.26 bits per heavy atom. The van der Waals surface area contributed by atoms with Gasteiger partial charge in [0.15, 0.2) is 12.4 Å². The monoisotopic (exact) mass is 368 g/mol. The number of benzene rings is 2. The summed E-state index contributed by atoms with van der Waals surface area (Å²) in [5.41, 5.74) is 1.54. The summed E-state index contributed by atoms with van der Waals surface area (Å²) in [6.07, 6.45) is 0.149. The largest absolute Gasteiger partial charge is 0.454 e. The molecule has 2 rings (SSSR count). The Morgan fingerprint density at radius 2 is 1.56 bits per heavy atom. The van der Waals surface area contributed by atoms with Crippen LogP contribution < -0.4 is 10.6 Å². The van der Waals surface area contributed by atoms with Crippen molar-refractivity contribution in [2.24, 2.45) is 0 Å². The van der Waals surface area contributed by atoms with Crippen LogP contribution in [0.1, 0.15) is 22.8 Å². The minimum Gasteiger partial charge on any atom is -0.454 e. The Kier molecular flexibility index (Phi) is 7.25. The van der Waals surface area contributed by atoms with Gasteiger partial charge in [-0.15, -0.1) is 0 Å². The van der Waals surface area contributed by atoms with E-state index in [4.69, 9.17) is 4.74 Å². The molecule has 0 unspecified atom stereocenters. The molecular weight excluding hydrogens is 348 g/mol. The Hall–Kier alpha value is -3.48. The summed E-state index contributed by atoms with van der Waals surface area (Å²) >= 11 is 0. The number of rotatable bonds is 8. The van der Waals surface area contributed by atoms with Crippen molar-refractivity contribution in [3.05, 3.63) is 65.7 Å². The van der Waals surface area contributed by atoms with Crippen LogP contribution in [0, 0.1) is 0 Å². The van der Waals surface area contributed by atoms with Gasteiger partial charge >= 0.3 is 5.97 Å². The molecule has 0 aliphatic rings. The molecule has 0 atom stereocenters. The smallest absolute Gasteiger partial charge is 0.325 e. The molecule has 2 amide bonds. The molecular formula is C20H20N2O5. The number of nitrogens with one attached hydrogen (secondary N) is 2. The maximum atomic E-state index is 11.9. The summed E-state index contributed by atoms with van der Waals surface area (Å²) in [5, 5.41) is 4.96. The first-order chi connectivity index (χ1) is 13.0. The van der Waals surface area contributed by atoms with E-state index in [0.717, 1.165) is 5.56 Å². The standard InChI is InChI=1S/C20H20N2O5/c1-14(23)16-9-5-6-10-17(16)22-19(25)13-27-20(26)12-21-18(24)11-15-7-3-2-4-8-15/h2-10H,11-13H2,1H3,(H,21,24)(H,22,25). The second kappa shape index (κ2) is 9.86. The summed E-state index contributed by atoms with van der Waals surface area (Å²) in [5.74, 6) is -1.82. The van der Waals surface area contributed by atoms with Gasteiger partial charge in [-0.2, -0.15) is 0 Å². The predicted octanol–water partition coefficient (Wildman–Crippen LogP) is 1.73. The molecule has 0 saturated heterocycles. The molecule has 0 aliphatic carbocycles. The minimum absolute atomic E-state index is 0.149.